The van der Waals surface area contributed by atoms with Gasteiger partial charge in [0.25, 0.3) is 5.56 Å². The fourth-order valence-corrected chi connectivity index (χ4v) is 2.94. The second-order valence-corrected chi connectivity index (χ2v) is 6.11. The molecule has 2 rings (SSSR count). The van der Waals surface area contributed by atoms with Crippen LogP contribution in [-0.4, -0.2) is 22.3 Å². The van der Waals surface area contributed by atoms with Gasteiger partial charge in [-0.05, 0) is 19.4 Å². The van der Waals surface area contributed by atoms with Crippen LogP contribution in [0, 0.1) is 0 Å². The Morgan fingerprint density at radius 2 is 2.10 bits per heavy atom. The van der Waals surface area contributed by atoms with Crippen molar-refractivity contribution in [2.45, 2.75) is 31.2 Å². The second-order valence-electron chi connectivity index (χ2n) is 5.09. The zero-order valence-electron chi connectivity index (χ0n) is 12.6. The lowest BCUT2D eigenvalue weighted by Crippen LogP contribution is -2.33. The van der Waals surface area contributed by atoms with Crippen LogP contribution in [0.1, 0.15) is 20.3 Å². The number of hydrogen-bond donors (Lipinski definition) is 1. The molecule has 21 heavy (non-hydrogen) atoms. The number of carbonyl (C=O) groups excluding carboxylic acids is 1. The highest BCUT2D eigenvalue weighted by atomic mass is 32.2. The highest BCUT2D eigenvalue weighted by Gasteiger charge is 2.10. The summed E-state index contributed by atoms with van der Waals surface area (Å²) in [6.07, 6.45) is 0.908. The van der Waals surface area contributed by atoms with Gasteiger partial charge in [0.15, 0.2) is 0 Å². The molecule has 1 aromatic heterocycles. The van der Waals surface area contributed by atoms with E-state index < -0.39 is 0 Å². The van der Waals surface area contributed by atoms with Gasteiger partial charge in [-0.3, -0.25) is 9.59 Å². The Bertz CT molecular complexity index is 709. The van der Waals surface area contributed by atoms with Crippen molar-refractivity contribution >= 4 is 28.6 Å². The highest BCUT2D eigenvalue weighted by molar-refractivity contribution is 8.00. The summed E-state index contributed by atoms with van der Waals surface area (Å²) in [6.45, 7) is 4.02. The third kappa shape index (κ3) is 3.67. The number of amides is 1. The van der Waals surface area contributed by atoms with Crippen molar-refractivity contribution in [3.05, 3.63) is 40.7 Å². The van der Waals surface area contributed by atoms with Gasteiger partial charge in [-0.25, -0.2) is 0 Å². The van der Waals surface area contributed by atoms with Gasteiger partial charge in [0.2, 0.25) is 5.91 Å². The highest BCUT2D eigenvalue weighted by Crippen LogP contribution is 2.25. The zero-order valence-corrected chi connectivity index (χ0v) is 13.4. The number of hydrogen-bond acceptors (Lipinski definition) is 3. The van der Waals surface area contributed by atoms with Crippen LogP contribution < -0.4 is 10.9 Å². The molecule has 1 N–H and O–H groups in total. The van der Waals surface area contributed by atoms with Crippen LogP contribution in [0.4, 0.5) is 0 Å². The molecule has 0 bridgehead atoms. The molecule has 112 valence electrons. The quantitative estimate of drug-likeness (QED) is 0.864. The zero-order chi connectivity index (χ0) is 15.4. The molecule has 0 aliphatic carbocycles. The number of aromatic nitrogens is 1. The minimum Gasteiger partial charge on any atom is -0.353 e. The van der Waals surface area contributed by atoms with Crippen LogP contribution in [0.15, 0.2) is 40.0 Å². The number of nitrogens with one attached hydrogen (secondary N) is 1. The average molecular weight is 304 g/mol. The Kier molecular flexibility index (Phi) is 5.07. The van der Waals surface area contributed by atoms with Gasteiger partial charge in [0, 0.05) is 29.4 Å². The summed E-state index contributed by atoms with van der Waals surface area (Å²) >= 11 is 1.41. The molecule has 1 aromatic carbocycles. The Balaban J connectivity index is 2.21. The molecular weight excluding hydrogens is 284 g/mol. The summed E-state index contributed by atoms with van der Waals surface area (Å²) in [6, 6.07) is 9.52. The maximum absolute atomic E-state index is 12.0. The first-order valence-electron chi connectivity index (χ1n) is 7.04. The van der Waals surface area contributed by atoms with Gasteiger partial charge in [-0.2, -0.15) is 0 Å². The molecule has 0 spiro atoms. The summed E-state index contributed by atoms with van der Waals surface area (Å²) < 4.78 is 1.62. The lowest BCUT2D eigenvalue weighted by molar-refractivity contribution is -0.119. The lowest BCUT2D eigenvalue weighted by Gasteiger charge is -2.12. The normalized spacial score (nSPS) is 12.3. The molecule has 0 saturated heterocycles. The predicted molar refractivity (Wildman–Crippen MR) is 87.8 cm³/mol. The largest absolute Gasteiger partial charge is 0.353 e. The maximum Gasteiger partial charge on any atom is 0.251 e. The van der Waals surface area contributed by atoms with E-state index in [0.717, 1.165) is 22.2 Å². The molecule has 2 aromatic rings. The number of nitrogens with zero attached hydrogens (tertiary/aromatic N) is 1. The van der Waals surface area contributed by atoms with Crippen molar-refractivity contribution in [3.63, 3.8) is 0 Å². The second kappa shape index (κ2) is 6.80. The van der Waals surface area contributed by atoms with Crippen LogP contribution in [0.2, 0.25) is 0 Å². The minimum atomic E-state index is -0.0569. The van der Waals surface area contributed by atoms with Crippen LogP contribution in [-0.2, 0) is 11.8 Å². The van der Waals surface area contributed by atoms with E-state index in [9.17, 15) is 9.59 Å². The molecule has 4 nitrogen and oxygen atoms in total. The molecule has 0 aliphatic heterocycles. The molecule has 0 fully saturated rings. The van der Waals surface area contributed by atoms with E-state index in [1.165, 1.54) is 11.8 Å². The standard InChI is InChI=1S/C16H20N2O2S/c1-4-11(2)17-15(19)10-21-14-9-16(20)18(3)13-8-6-5-7-12(13)14/h5-9,11H,4,10H2,1-3H3,(H,17,19). The summed E-state index contributed by atoms with van der Waals surface area (Å²) in [5.41, 5.74) is 0.827. The van der Waals surface area contributed by atoms with E-state index in [1.807, 2.05) is 38.1 Å². The fraction of sp³-hybridized carbons (Fsp3) is 0.375. The SMILES string of the molecule is CCC(C)NC(=O)CSc1cc(=O)n(C)c2ccccc12. The Morgan fingerprint density at radius 1 is 1.38 bits per heavy atom. The molecule has 0 saturated carbocycles. The van der Waals surface area contributed by atoms with Crippen LogP contribution >= 0.6 is 11.8 Å². The van der Waals surface area contributed by atoms with Crippen molar-refractivity contribution in [3.8, 4) is 0 Å². The van der Waals surface area contributed by atoms with Crippen LogP contribution in [0.5, 0.6) is 0 Å². The monoisotopic (exact) mass is 304 g/mol. The van der Waals surface area contributed by atoms with Gasteiger partial charge in [0.05, 0.1) is 11.3 Å². The van der Waals surface area contributed by atoms with E-state index in [1.54, 1.807) is 17.7 Å². The van der Waals surface area contributed by atoms with Gasteiger partial charge in [-0.15, -0.1) is 11.8 Å². The van der Waals surface area contributed by atoms with Crippen molar-refractivity contribution < 1.29 is 4.79 Å². The number of fused-ring (bicyclic) bond motifs is 1. The van der Waals surface area contributed by atoms with E-state index in [2.05, 4.69) is 5.32 Å². The van der Waals surface area contributed by atoms with Crippen molar-refractivity contribution in [2.24, 2.45) is 7.05 Å². The lowest BCUT2D eigenvalue weighted by atomic mass is 10.2. The molecule has 1 amide bonds. The number of rotatable bonds is 5. The Labute approximate surface area is 128 Å². The van der Waals surface area contributed by atoms with Crippen LogP contribution in [0.3, 0.4) is 0 Å². The summed E-state index contributed by atoms with van der Waals surface area (Å²) in [5.74, 6) is 0.320. The van der Waals surface area contributed by atoms with Gasteiger partial charge in [0.1, 0.15) is 0 Å². The smallest absolute Gasteiger partial charge is 0.251 e. The van der Waals surface area contributed by atoms with E-state index in [4.69, 9.17) is 0 Å². The number of pyridine rings is 1. The Hall–Kier alpha value is -1.75. The third-order valence-electron chi connectivity index (χ3n) is 3.49. The van der Waals surface area contributed by atoms with E-state index >= 15 is 0 Å². The topological polar surface area (TPSA) is 51.1 Å². The number of aryl methyl sites for hydroxylation is 1. The van der Waals surface area contributed by atoms with E-state index in [-0.39, 0.29) is 17.5 Å². The number of benzene rings is 1. The molecule has 1 unspecified atom stereocenters. The third-order valence-corrected chi connectivity index (χ3v) is 4.55. The number of thioether (sulfide) groups is 1. The molecule has 5 heteroatoms. The van der Waals surface area contributed by atoms with Crippen molar-refractivity contribution in [2.75, 3.05) is 5.75 Å². The predicted octanol–water partition coefficient (Wildman–Crippen LogP) is 2.55. The number of carbonyl (C=O) groups is 1. The van der Waals surface area contributed by atoms with Gasteiger partial charge < -0.3 is 9.88 Å². The molecule has 0 aliphatic rings. The summed E-state index contributed by atoms with van der Waals surface area (Å²) in [5, 5.41) is 3.93. The molecule has 1 atom stereocenters. The van der Waals surface area contributed by atoms with Gasteiger partial charge >= 0.3 is 0 Å². The number of para-hydroxylation sites is 1. The molecular formula is C16H20N2O2S. The first-order chi connectivity index (χ1) is 10.0. The Morgan fingerprint density at radius 3 is 2.81 bits per heavy atom. The van der Waals surface area contributed by atoms with E-state index in [0.29, 0.717) is 5.75 Å². The van der Waals surface area contributed by atoms with Gasteiger partial charge in [-0.1, -0.05) is 25.1 Å². The fourth-order valence-electron chi connectivity index (χ4n) is 2.06. The van der Waals surface area contributed by atoms with Crippen molar-refractivity contribution in [1.29, 1.82) is 0 Å². The molecule has 0 radical (unpaired) electrons. The maximum atomic E-state index is 12.0. The molecule has 1 heterocycles. The first-order valence-corrected chi connectivity index (χ1v) is 8.02. The van der Waals surface area contributed by atoms with Crippen molar-refractivity contribution in [1.82, 2.24) is 9.88 Å². The summed E-state index contributed by atoms with van der Waals surface area (Å²) in [4.78, 5) is 24.7. The average Bonchev–Trinajstić information content (AvgIpc) is 2.49. The first kappa shape index (κ1) is 15.6. The van der Waals surface area contributed by atoms with Crippen LogP contribution in [0.25, 0.3) is 10.9 Å². The summed E-state index contributed by atoms with van der Waals surface area (Å²) in [7, 11) is 1.76. The minimum absolute atomic E-state index is 0.000826.